The van der Waals surface area contributed by atoms with Crippen molar-refractivity contribution in [2.45, 2.75) is 33.6 Å². The van der Waals surface area contributed by atoms with Crippen LogP contribution in [0.5, 0.6) is 0 Å². The minimum absolute atomic E-state index is 0.638. The SMILES string of the molecule is CCNC(=NCCc1ncc(C)s1)NCCc1nc(C)no1. The summed E-state index contributed by atoms with van der Waals surface area (Å²) in [6.07, 6.45) is 3.44. The van der Waals surface area contributed by atoms with Gasteiger partial charge >= 0.3 is 0 Å². The number of thiazole rings is 1. The Labute approximate surface area is 134 Å². The Morgan fingerprint density at radius 3 is 2.82 bits per heavy atom. The number of aromatic nitrogens is 3. The van der Waals surface area contributed by atoms with Crippen LogP contribution >= 0.6 is 11.3 Å². The standard InChI is InChI=1S/C14H22N6OS/c1-4-15-14(16-7-5-12-19-11(3)20-21-12)17-8-6-13-18-9-10(2)22-13/h9H,4-8H2,1-3H3,(H2,15,16,17). The van der Waals surface area contributed by atoms with E-state index in [2.05, 4.69) is 37.7 Å². The molecule has 2 heterocycles. The highest BCUT2D eigenvalue weighted by Gasteiger charge is 2.03. The summed E-state index contributed by atoms with van der Waals surface area (Å²) >= 11 is 1.72. The molecule has 0 aliphatic carbocycles. The fourth-order valence-electron chi connectivity index (χ4n) is 1.85. The average Bonchev–Trinajstić information content (AvgIpc) is 3.08. The molecule has 0 fully saturated rings. The van der Waals surface area contributed by atoms with Crippen LogP contribution in [0.2, 0.25) is 0 Å². The molecule has 2 aromatic heterocycles. The lowest BCUT2D eigenvalue weighted by molar-refractivity contribution is 0.374. The van der Waals surface area contributed by atoms with E-state index < -0.39 is 0 Å². The van der Waals surface area contributed by atoms with Crippen molar-refractivity contribution in [1.29, 1.82) is 0 Å². The molecule has 0 saturated carbocycles. The van der Waals surface area contributed by atoms with E-state index in [9.17, 15) is 0 Å². The molecular weight excluding hydrogens is 300 g/mol. The number of nitrogens with one attached hydrogen (secondary N) is 2. The van der Waals surface area contributed by atoms with E-state index >= 15 is 0 Å². The summed E-state index contributed by atoms with van der Waals surface area (Å²) in [6, 6.07) is 0. The maximum Gasteiger partial charge on any atom is 0.228 e. The summed E-state index contributed by atoms with van der Waals surface area (Å²) in [5.74, 6) is 2.10. The number of rotatable bonds is 7. The van der Waals surface area contributed by atoms with Gasteiger partial charge in [0.25, 0.3) is 0 Å². The van der Waals surface area contributed by atoms with Crippen LogP contribution in [0.1, 0.15) is 28.5 Å². The van der Waals surface area contributed by atoms with Gasteiger partial charge in [-0.15, -0.1) is 11.3 Å². The first-order valence-electron chi connectivity index (χ1n) is 7.40. The van der Waals surface area contributed by atoms with Gasteiger partial charge in [-0.1, -0.05) is 5.16 Å². The maximum absolute atomic E-state index is 5.08. The van der Waals surface area contributed by atoms with Crippen molar-refractivity contribution in [3.63, 3.8) is 0 Å². The van der Waals surface area contributed by atoms with E-state index in [1.54, 1.807) is 11.3 Å². The number of nitrogens with zero attached hydrogens (tertiary/aromatic N) is 4. The first-order valence-corrected chi connectivity index (χ1v) is 8.21. The number of hydrogen-bond acceptors (Lipinski definition) is 6. The molecule has 0 amide bonds. The second kappa shape index (κ2) is 8.47. The van der Waals surface area contributed by atoms with Gasteiger partial charge < -0.3 is 15.2 Å². The van der Waals surface area contributed by atoms with Crippen LogP contribution in [0.15, 0.2) is 15.7 Å². The van der Waals surface area contributed by atoms with Crippen molar-refractivity contribution in [3.8, 4) is 0 Å². The lowest BCUT2D eigenvalue weighted by Gasteiger charge is -2.09. The minimum Gasteiger partial charge on any atom is -0.357 e. The summed E-state index contributed by atoms with van der Waals surface area (Å²) in [5.41, 5.74) is 0. The molecule has 0 aromatic carbocycles. The van der Waals surface area contributed by atoms with Crippen molar-refractivity contribution in [2.24, 2.45) is 4.99 Å². The highest BCUT2D eigenvalue weighted by molar-refractivity contribution is 7.11. The number of aryl methyl sites for hydroxylation is 2. The molecule has 120 valence electrons. The molecule has 0 unspecified atom stereocenters. The largest absolute Gasteiger partial charge is 0.357 e. The molecule has 7 nitrogen and oxygen atoms in total. The van der Waals surface area contributed by atoms with Crippen LogP contribution in [0.25, 0.3) is 0 Å². The number of guanidine groups is 1. The first kappa shape index (κ1) is 16.4. The summed E-state index contributed by atoms with van der Waals surface area (Å²) in [6.45, 7) is 8.15. The number of aliphatic imine (C=N–C) groups is 1. The Morgan fingerprint density at radius 1 is 1.32 bits per heavy atom. The van der Waals surface area contributed by atoms with Gasteiger partial charge in [-0.25, -0.2) is 4.98 Å². The third-order valence-corrected chi connectivity index (χ3v) is 3.78. The van der Waals surface area contributed by atoms with E-state index in [0.29, 0.717) is 31.2 Å². The Bertz CT molecular complexity index is 606. The Balaban J connectivity index is 1.76. The van der Waals surface area contributed by atoms with Gasteiger partial charge in [-0.3, -0.25) is 4.99 Å². The zero-order valence-corrected chi connectivity index (χ0v) is 14.0. The van der Waals surface area contributed by atoms with Crippen LogP contribution in [0.4, 0.5) is 0 Å². The normalized spacial score (nSPS) is 11.7. The topological polar surface area (TPSA) is 88.2 Å². The maximum atomic E-state index is 5.08. The van der Waals surface area contributed by atoms with Crippen molar-refractivity contribution in [3.05, 3.63) is 27.8 Å². The highest BCUT2D eigenvalue weighted by Crippen LogP contribution is 2.11. The molecule has 22 heavy (non-hydrogen) atoms. The van der Waals surface area contributed by atoms with Crippen LogP contribution in [0, 0.1) is 13.8 Å². The minimum atomic E-state index is 0.638. The lowest BCUT2D eigenvalue weighted by Crippen LogP contribution is -2.38. The average molecular weight is 322 g/mol. The molecule has 2 aromatic rings. The molecule has 0 bridgehead atoms. The molecule has 2 rings (SSSR count). The smallest absolute Gasteiger partial charge is 0.228 e. The van der Waals surface area contributed by atoms with Gasteiger partial charge in [-0.05, 0) is 20.8 Å². The van der Waals surface area contributed by atoms with Gasteiger partial charge in [0.1, 0.15) is 0 Å². The molecular formula is C14H22N6OS. The van der Waals surface area contributed by atoms with Gasteiger partial charge in [0, 0.05) is 43.5 Å². The van der Waals surface area contributed by atoms with Gasteiger partial charge in [0.15, 0.2) is 11.8 Å². The Hall–Kier alpha value is -1.96. The van der Waals surface area contributed by atoms with Gasteiger partial charge in [0.2, 0.25) is 5.89 Å². The van der Waals surface area contributed by atoms with Crippen LogP contribution < -0.4 is 10.6 Å². The Morgan fingerprint density at radius 2 is 2.18 bits per heavy atom. The fourth-order valence-corrected chi connectivity index (χ4v) is 2.63. The van der Waals surface area contributed by atoms with Crippen LogP contribution in [-0.2, 0) is 12.8 Å². The molecule has 8 heteroatoms. The van der Waals surface area contributed by atoms with E-state index in [4.69, 9.17) is 4.52 Å². The molecule has 2 N–H and O–H groups in total. The molecule has 0 aliphatic rings. The van der Waals surface area contributed by atoms with Crippen molar-refractivity contribution in [1.82, 2.24) is 25.8 Å². The zero-order valence-electron chi connectivity index (χ0n) is 13.2. The fraction of sp³-hybridized carbons (Fsp3) is 0.571. The highest BCUT2D eigenvalue weighted by atomic mass is 32.1. The quantitative estimate of drug-likeness (QED) is 0.593. The van der Waals surface area contributed by atoms with Crippen LogP contribution in [0.3, 0.4) is 0 Å². The number of hydrogen-bond donors (Lipinski definition) is 2. The Kier molecular flexibility index (Phi) is 6.32. The monoisotopic (exact) mass is 322 g/mol. The third-order valence-electron chi connectivity index (χ3n) is 2.81. The second-order valence-corrected chi connectivity index (χ2v) is 6.11. The van der Waals surface area contributed by atoms with Gasteiger partial charge in [-0.2, -0.15) is 4.98 Å². The summed E-state index contributed by atoms with van der Waals surface area (Å²) < 4.78 is 5.08. The zero-order chi connectivity index (χ0) is 15.8. The molecule has 0 atom stereocenters. The predicted octanol–water partition coefficient (Wildman–Crippen LogP) is 1.48. The van der Waals surface area contributed by atoms with E-state index in [-0.39, 0.29) is 0 Å². The summed E-state index contributed by atoms with van der Waals surface area (Å²) in [7, 11) is 0. The first-order chi connectivity index (χ1) is 10.7. The van der Waals surface area contributed by atoms with Crippen molar-refractivity contribution >= 4 is 17.3 Å². The molecule has 0 radical (unpaired) electrons. The third kappa shape index (κ3) is 5.44. The summed E-state index contributed by atoms with van der Waals surface area (Å²) in [4.78, 5) is 14.3. The van der Waals surface area contributed by atoms with E-state index in [1.165, 1.54) is 4.88 Å². The molecule has 0 aliphatic heterocycles. The second-order valence-electron chi connectivity index (χ2n) is 4.79. The van der Waals surface area contributed by atoms with Crippen molar-refractivity contribution < 1.29 is 4.52 Å². The van der Waals surface area contributed by atoms with E-state index in [0.717, 1.165) is 23.9 Å². The lowest BCUT2D eigenvalue weighted by atomic mass is 10.4. The molecule has 0 spiro atoms. The molecule has 0 saturated heterocycles. The predicted molar refractivity (Wildman–Crippen MR) is 87.3 cm³/mol. The summed E-state index contributed by atoms with van der Waals surface area (Å²) in [5, 5.41) is 11.4. The van der Waals surface area contributed by atoms with Crippen LogP contribution in [-0.4, -0.2) is 40.7 Å². The van der Waals surface area contributed by atoms with E-state index in [1.807, 2.05) is 20.0 Å². The van der Waals surface area contributed by atoms with Gasteiger partial charge in [0.05, 0.1) is 5.01 Å². The van der Waals surface area contributed by atoms with Crippen molar-refractivity contribution in [2.75, 3.05) is 19.6 Å².